The van der Waals surface area contributed by atoms with Crippen LogP contribution in [0.25, 0.3) is 0 Å². The fourth-order valence-corrected chi connectivity index (χ4v) is 4.52. The van der Waals surface area contributed by atoms with Crippen molar-refractivity contribution in [1.29, 1.82) is 0 Å². The molecule has 0 aliphatic carbocycles. The molecule has 0 radical (unpaired) electrons. The summed E-state index contributed by atoms with van der Waals surface area (Å²) in [7, 11) is 0. The quantitative estimate of drug-likeness (QED) is 0.655. The summed E-state index contributed by atoms with van der Waals surface area (Å²) in [6.07, 6.45) is -0.910. The smallest absolute Gasteiger partial charge is 0.266 e. The van der Waals surface area contributed by atoms with Crippen LogP contribution in [0, 0.1) is 19.8 Å². The Hall–Kier alpha value is -3.64. The number of rotatable bonds is 3. The lowest BCUT2D eigenvalue weighted by atomic mass is 9.90. The van der Waals surface area contributed by atoms with Crippen molar-refractivity contribution in [2.24, 2.45) is 5.92 Å². The molecule has 5 rings (SSSR count). The van der Waals surface area contributed by atoms with E-state index in [-0.39, 0.29) is 17.6 Å². The van der Waals surface area contributed by atoms with Crippen molar-refractivity contribution in [3.63, 3.8) is 0 Å². The van der Waals surface area contributed by atoms with Crippen LogP contribution in [-0.2, 0) is 14.4 Å². The van der Waals surface area contributed by atoms with Gasteiger partial charge in [-0.1, -0.05) is 48.0 Å². The highest BCUT2D eigenvalue weighted by Gasteiger charge is 2.60. The van der Waals surface area contributed by atoms with Crippen molar-refractivity contribution in [2.45, 2.75) is 26.0 Å². The largest absolute Gasteiger partial charge is 0.508 e. The molecule has 3 aromatic rings. The molecule has 3 aromatic carbocycles. The minimum absolute atomic E-state index is 0.135. The number of imide groups is 1. The average molecular weight is 414 g/mol. The highest BCUT2D eigenvalue weighted by Crippen LogP contribution is 2.48. The fourth-order valence-electron chi connectivity index (χ4n) is 4.52. The first-order valence-corrected chi connectivity index (χ1v) is 10.2. The molecule has 1 N–H and O–H groups in total. The van der Waals surface area contributed by atoms with E-state index in [9.17, 15) is 14.7 Å². The summed E-state index contributed by atoms with van der Waals surface area (Å²) in [4.78, 5) is 34.4. The molecule has 156 valence electrons. The van der Waals surface area contributed by atoms with Crippen LogP contribution in [0.3, 0.4) is 0 Å². The molecule has 0 bridgehead atoms. The number of hydrogen-bond acceptors (Lipinski definition) is 5. The van der Waals surface area contributed by atoms with Crippen LogP contribution in [0.15, 0.2) is 72.8 Å². The van der Waals surface area contributed by atoms with Crippen LogP contribution < -0.4 is 9.96 Å². The Bertz CT molecular complexity index is 1160. The van der Waals surface area contributed by atoms with E-state index in [1.165, 1.54) is 4.90 Å². The van der Waals surface area contributed by atoms with Gasteiger partial charge in [-0.15, -0.1) is 0 Å². The van der Waals surface area contributed by atoms with Crippen molar-refractivity contribution in [3.05, 3.63) is 89.5 Å². The molecule has 0 aromatic heterocycles. The number of carbonyl (C=O) groups excluding carboxylic acids is 2. The topological polar surface area (TPSA) is 70.1 Å². The molecule has 6 heteroatoms. The first-order valence-electron chi connectivity index (χ1n) is 10.2. The lowest BCUT2D eigenvalue weighted by Crippen LogP contribution is -2.37. The first-order chi connectivity index (χ1) is 15.0. The first kappa shape index (κ1) is 19.3. The maximum absolute atomic E-state index is 13.6. The molecule has 0 saturated carbocycles. The van der Waals surface area contributed by atoms with E-state index in [1.54, 1.807) is 29.3 Å². The molecule has 2 aliphatic heterocycles. The van der Waals surface area contributed by atoms with Gasteiger partial charge in [0.15, 0.2) is 6.10 Å². The van der Waals surface area contributed by atoms with Crippen molar-refractivity contribution >= 4 is 23.2 Å². The van der Waals surface area contributed by atoms with Gasteiger partial charge in [-0.25, -0.2) is 9.96 Å². The number of aromatic hydroxyl groups is 1. The number of hydrogen-bond donors (Lipinski definition) is 1. The van der Waals surface area contributed by atoms with E-state index >= 15 is 0 Å². The standard InChI is InChI=1S/C25H22N2O4/c1-15-8-13-20(16(2)14-15)26-24(29)21-22(17-9-11-19(28)12-10-17)27(31-23(21)25(26)30)18-6-4-3-5-7-18/h3-14,21-23,28H,1-2H3/t21-,22-,23-/m0/s1. The monoisotopic (exact) mass is 414 g/mol. The summed E-state index contributed by atoms with van der Waals surface area (Å²) in [6.45, 7) is 3.87. The van der Waals surface area contributed by atoms with E-state index in [0.29, 0.717) is 5.69 Å². The summed E-state index contributed by atoms with van der Waals surface area (Å²) in [5, 5.41) is 11.4. The number of para-hydroxylation sites is 1. The van der Waals surface area contributed by atoms with Crippen LogP contribution in [0.5, 0.6) is 5.75 Å². The van der Waals surface area contributed by atoms with Gasteiger partial charge in [-0.05, 0) is 55.3 Å². The van der Waals surface area contributed by atoms with Crippen LogP contribution in [0.1, 0.15) is 22.7 Å². The lowest BCUT2D eigenvalue weighted by Gasteiger charge is -2.29. The third-order valence-electron chi connectivity index (χ3n) is 5.95. The second-order valence-corrected chi connectivity index (χ2v) is 8.05. The summed E-state index contributed by atoms with van der Waals surface area (Å²) < 4.78 is 0. The number of fused-ring (bicyclic) bond motifs is 1. The minimum atomic E-state index is -0.910. The lowest BCUT2D eigenvalue weighted by molar-refractivity contribution is -0.126. The minimum Gasteiger partial charge on any atom is -0.508 e. The molecule has 0 spiro atoms. The molecule has 2 amide bonds. The molecule has 2 saturated heterocycles. The Labute approximate surface area is 180 Å². The Balaban J connectivity index is 1.59. The fraction of sp³-hybridized carbons (Fsp3) is 0.200. The van der Waals surface area contributed by atoms with Crippen LogP contribution >= 0.6 is 0 Å². The van der Waals surface area contributed by atoms with Gasteiger partial charge in [0.2, 0.25) is 5.91 Å². The molecule has 31 heavy (non-hydrogen) atoms. The van der Waals surface area contributed by atoms with Gasteiger partial charge in [-0.3, -0.25) is 14.4 Å². The number of phenols is 1. The molecule has 2 fully saturated rings. The van der Waals surface area contributed by atoms with Crippen LogP contribution in [-0.4, -0.2) is 23.0 Å². The van der Waals surface area contributed by atoms with Crippen LogP contribution in [0.4, 0.5) is 11.4 Å². The van der Waals surface area contributed by atoms with Gasteiger partial charge < -0.3 is 5.11 Å². The van der Waals surface area contributed by atoms with Gasteiger partial charge in [0.1, 0.15) is 11.7 Å². The SMILES string of the molecule is Cc1ccc(N2C(=O)[C@@H]3[C@H](ON(c4ccccc4)[C@H]3c3ccc(O)cc3)C2=O)c(C)c1. The van der Waals surface area contributed by atoms with Gasteiger partial charge in [0.25, 0.3) is 5.91 Å². The Morgan fingerprint density at radius 1 is 0.871 bits per heavy atom. The van der Waals surface area contributed by atoms with E-state index in [2.05, 4.69) is 0 Å². The van der Waals surface area contributed by atoms with E-state index < -0.39 is 18.1 Å². The molecule has 2 heterocycles. The second-order valence-electron chi connectivity index (χ2n) is 8.05. The highest BCUT2D eigenvalue weighted by molar-refractivity contribution is 6.24. The number of phenolic OH excluding ortho intramolecular Hbond substituents is 1. The maximum atomic E-state index is 13.6. The molecule has 0 unspecified atom stereocenters. The van der Waals surface area contributed by atoms with Crippen molar-refractivity contribution < 1.29 is 19.5 Å². The van der Waals surface area contributed by atoms with E-state index in [0.717, 1.165) is 22.4 Å². The summed E-state index contributed by atoms with van der Waals surface area (Å²) in [5.74, 6) is -1.20. The number of aryl methyl sites for hydroxylation is 2. The maximum Gasteiger partial charge on any atom is 0.266 e. The van der Waals surface area contributed by atoms with E-state index in [1.807, 2.05) is 62.4 Å². The zero-order chi connectivity index (χ0) is 21.7. The van der Waals surface area contributed by atoms with Gasteiger partial charge >= 0.3 is 0 Å². The van der Waals surface area contributed by atoms with Gasteiger partial charge in [-0.2, -0.15) is 0 Å². The Morgan fingerprint density at radius 3 is 2.26 bits per heavy atom. The van der Waals surface area contributed by atoms with Crippen molar-refractivity contribution in [2.75, 3.05) is 9.96 Å². The summed E-state index contributed by atoms with van der Waals surface area (Å²) >= 11 is 0. The normalized spacial score (nSPS) is 22.8. The number of nitrogens with zero attached hydrogens (tertiary/aromatic N) is 2. The second kappa shape index (κ2) is 7.25. The zero-order valence-corrected chi connectivity index (χ0v) is 17.2. The number of amides is 2. The van der Waals surface area contributed by atoms with Gasteiger partial charge in [0.05, 0.1) is 17.4 Å². The average Bonchev–Trinajstić information content (AvgIpc) is 3.26. The summed E-state index contributed by atoms with van der Waals surface area (Å²) in [6, 6.07) is 21.3. The van der Waals surface area contributed by atoms with Gasteiger partial charge in [0, 0.05) is 0 Å². The molecular weight excluding hydrogens is 392 g/mol. The van der Waals surface area contributed by atoms with Crippen LogP contribution in [0.2, 0.25) is 0 Å². The predicted molar refractivity (Wildman–Crippen MR) is 117 cm³/mol. The number of carbonyl (C=O) groups is 2. The Morgan fingerprint density at radius 2 is 1.58 bits per heavy atom. The van der Waals surface area contributed by atoms with E-state index in [4.69, 9.17) is 4.84 Å². The molecule has 3 atom stereocenters. The van der Waals surface area contributed by atoms with Crippen molar-refractivity contribution in [3.8, 4) is 5.75 Å². The highest BCUT2D eigenvalue weighted by atomic mass is 16.7. The third-order valence-corrected chi connectivity index (χ3v) is 5.95. The Kier molecular flexibility index (Phi) is 4.52. The predicted octanol–water partition coefficient (Wildman–Crippen LogP) is 4.06. The molecule has 2 aliphatic rings. The molecule has 6 nitrogen and oxygen atoms in total. The zero-order valence-electron chi connectivity index (χ0n) is 17.2. The van der Waals surface area contributed by atoms with Crippen molar-refractivity contribution in [1.82, 2.24) is 0 Å². The molecular formula is C25H22N2O4. The number of anilines is 2. The number of hydroxylamine groups is 1. The third kappa shape index (κ3) is 3.07. The number of benzene rings is 3. The summed E-state index contributed by atoms with van der Waals surface area (Å²) in [5.41, 5.74) is 4.07.